The van der Waals surface area contributed by atoms with E-state index in [9.17, 15) is 4.39 Å². The summed E-state index contributed by atoms with van der Waals surface area (Å²) in [6.07, 6.45) is -0.00829. The van der Waals surface area contributed by atoms with Gasteiger partial charge in [0.25, 0.3) is 0 Å². The molecule has 0 aliphatic carbocycles. The highest BCUT2D eigenvalue weighted by Crippen LogP contribution is 2.26. The SMILES string of the molecule is CC(F)C(C)(C)CCN. The number of nitrogens with two attached hydrogens (primary N) is 1. The smallest absolute Gasteiger partial charge is 0.102 e. The topological polar surface area (TPSA) is 26.0 Å². The molecule has 0 aliphatic heterocycles. The van der Waals surface area contributed by atoms with Gasteiger partial charge in [-0.25, -0.2) is 4.39 Å². The van der Waals surface area contributed by atoms with E-state index in [1.165, 1.54) is 0 Å². The van der Waals surface area contributed by atoms with Crippen molar-refractivity contribution in [1.29, 1.82) is 0 Å². The van der Waals surface area contributed by atoms with E-state index in [0.29, 0.717) is 6.54 Å². The Bertz CT molecular complexity index is 79.0. The summed E-state index contributed by atoms with van der Waals surface area (Å²) in [5, 5.41) is 0. The van der Waals surface area contributed by atoms with E-state index in [4.69, 9.17) is 5.73 Å². The van der Waals surface area contributed by atoms with Gasteiger partial charge >= 0.3 is 0 Å². The van der Waals surface area contributed by atoms with Crippen molar-refractivity contribution >= 4 is 0 Å². The third-order valence-corrected chi connectivity index (χ3v) is 1.87. The van der Waals surface area contributed by atoms with E-state index in [0.717, 1.165) is 6.42 Å². The first-order chi connectivity index (χ1) is 4.00. The molecule has 0 aromatic heterocycles. The first kappa shape index (κ1) is 8.89. The minimum atomic E-state index is -0.763. The molecule has 0 radical (unpaired) electrons. The van der Waals surface area contributed by atoms with Gasteiger partial charge in [-0.2, -0.15) is 0 Å². The van der Waals surface area contributed by atoms with Gasteiger partial charge in [0.1, 0.15) is 6.17 Å². The minimum Gasteiger partial charge on any atom is -0.330 e. The second-order valence-corrected chi connectivity index (χ2v) is 3.14. The van der Waals surface area contributed by atoms with Crippen LogP contribution in [0, 0.1) is 5.41 Å². The molecule has 0 aromatic rings. The molecule has 0 amide bonds. The normalized spacial score (nSPS) is 15.7. The van der Waals surface area contributed by atoms with Gasteiger partial charge in [0.05, 0.1) is 0 Å². The number of rotatable bonds is 3. The molecule has 0 saturated heterocycles. The van der Waals surface area contributed by atoms with Crippen LogP contribution in [0.15, 0.2) is 0 Å². The van der Waals surface area contributed by atoms with Crippen LogP contribution in [0.4, 0.5) is 4.39 Å². The maximum atomic E-state index is 12.6. The first-order valence-corrected chi connectivity index (χ1v) is 3.35. The average molecular weight is 133 g/mol. The summed E-state index contributed by atoms with van der Waals surface area (Å²) in [5.74, 6) is 0. The number of alkyl halides is 1. The summed E-state index contributed by atoms with van der Waals surface area (Å²) in [6.45, 7) is 5.94. The van der Waals surface area contributed by atoms with E-state index in [1.54, 1.807) is 6.92 Å². The molecule has 0 aromatic carbocycles. The average Bonchev–Trinajstić information content (AvgIpc) is 1.65. The van der Waals surface area contributed by atoms with E-state index in [1.807, 2.05) is 13.8 Å². The van der Waals surface area contributed by atoms with Gasteiger partial charge in [-0.15, -0.1) is 0 Å². The van der Waals surface area contributed by atoms with E-state index < -0.39 is 6.17 Å². The third kappa shape index (κ3) is 2.80. The first-order valence-electron chi connectivity index (χ1n) is 3.35. The number of hydrogen-bond donors (Lipinski definition) is 1. The summed E-state index contributed by atoms with van der Waals surface area (Å²) in [5.41, 5.74) is 5.04. The molecule has 0 saturated carbocycles. The summed E-state index contributed by atoms with van der Waals surface area (Å²) in [6, 6.07) is 0. The molecule has 56 valence electrons. The summed E-state index contributed by atoms with van der Waals surface area (Å²) >= 11 is 0. The Balaban J connectivity index is 3.70. The molecule has 0 spiro atoms. The zero-order chi connectivity index (χ0) is 7.49. The van der Waals surface area contributed by atoms with E-state index in [-0.39, 0.29) is 5.41 Å². The van der Waals surface area contributed by atoms with Gasteiger partial charge in [0.15, 0.2) is 0 Å². The maximum absolute atomic E-state index is 12.6. The number of halogens is 1. The Kier molecular flexibility index (Phi) is 3.12. The molecule has 9 heavy (non-hydrogen) atoms. The van der Waals surface area contributed by atoms with Crippen LogP contribution in [0.5, 0.6) is 0 Å². The second kappa shape index (κ2) is 3.16. The standard InChI is InChI=1S/C7H16FN/c1-6(8)7(2,3)4-5-9/h6H,4-5,9H2,1-3H3. The Morgan fingerprint density at radius 3 is 2.11 bits per heavy atom. The highest BCUT2D eigenvalue weighted by atomic mass is 19.1. The van der Waals surface area contributed by atoms with Crippen molar-refractivity contribution in [1.82, 2.24) is 0 Å². The van der Waals surface area contributed by atoms with Gasteiger partial charge in [-0.3, -0.25) is 0 Å². The van der Waals surface area contributed by atoms with Gasteiger partial charge in [0.2, 0.25) is 0 Å². The van der Waals surface area contributed by atoms with Crippen LogP contribution in [0.2, 0.25) is 0 Å². The van der Waals surface area contributed by atoms with Crippen molar-refractivity contribution in [3.8, 4) is 0 Å². The number of hydrogen-bond acceptors (Lipinski definition) is 1. The quantitative estimate of drug-likeness (QED) is 0.623. The van der Waals surface area contributed by atoms with Crippen LogP contribution in [0.25, 0.3) is 0 Å². The van der Waals surface area contributed by atoms with Crippen LogP contribution >= 0.6 is 0 Å². The Hall–Kier alpha value is -0.110. The molecule has 0 fully saturated rings. The molecular weight excluding hydrogens is 117 g/mol. The summed E-state index contributed by atoms with van der Waals surface area (Å²) in [4.78, 5) is 0. The monoisotopic (exact) mass is 133 g/mol. The van der Waals surface area contributed by atoms with Crippen LogP contribution in [-0.4, -0.2) is 12.7 Å². The molecule has 1 nitrogen and oxygen atoms in total. The fourth-order valence-corrected chi connectivity index (χ4v) is 0.571. The predicted octanol–water partition coefficient (Wildman–Crippen LogP) is 1.72. The van der Waals surface area contributed by atoms with Crippen molar-refractivity contribution in [2.24, 2.45) is 11.1 Å². The molecule has 0 bridgehead atoms. The van der Waals surface area contributed by atoms with Crippen LogP contribution in [0.3, 0.4) is 0 Å². The lowest BCUT2D eigenvalue weighted by atomic mass is 9.85. The summed E-state index contributed by atoms with van der Waals surface area (Å²) < 4.78 is 12.6. The van der Waals surface area contributed by atoms with Gasteiger partial charge in [0, 0.05) is 0 Å². The molecule has 1 unspecified atom stereocenters. The fourth-order valence-electron chi connectivity index (χ4n) is 0.571. The molecule has 0 heterocycles. The van der Waals surface area contributed by atoms with Gasteiger partial charge in [-0.1, -0.05) is 13.8 Å². The van der Waals surface area contributed by atoms with Crippen molar-refractivity contribution < 1.29 is 4.39 Å². The second-order valence-electron chi connectivity index (χ2n) is 3.14. The van der Waals surface area contributed by atoms with Gasteiger partial charge in [-0.05, 0) is 25.3 Å². The molecule has 0 aliphatic rings. The molecule has 2 heteroatoms. The molecule has 2 N–H and O–H groups in total. The third-order valence-electron chi connectivity index (χ3n) is 1.87. The lowest BCUT2D eigenvalue weighted by Gasteiger charge is -2.24. The lowest BCUT2D eigenvalue weighted by Crippen LogP contribution is -2.25. The van der Waals surface area contributed by atoms with Crippen LogP contribution in [0.1, 0.15) is 27.2 Å². The Morgan fingerprint density at radius 1 is 1.56 bits per heavy atom. The largest absolute Gasteiger partial charge is 0.330 e. The van der Waals surface area contributed by atoms with E-state index in [2.05, 4.69) is 0 Å². The molecule has 1 atom stereocenters. The Morgan fingerprint density at radius 2 is 2.00 bits per heavy atom. The predicted molar refractivity (Wildman–Crippen MR) is 38.0 cm³/mol. The van der Waals surface area contributed by atoms with Crippen LogP contribution < -0.4 is 5.73 Å². The minimum absolute atomic E-state index is 0.241. The maximum Gasteiger partial charge on any atom is 0.102 e. The van der Waals surface area contributed by atoms with E-state index >= 15 is 0 Å². The van der Waals surface area contributed by atoms with Crippen molar-refractivity contribution in [2.75, 3.05) is 6.54 Å². The highest BCUT2D eigenvalue weighted by molar-refractivity contribution is 4.74. The zero-order valence-corrected chi connectivity index (χ0v) is 6.45. The molecular formula is C7H16FN. The van der Waals surface area contributed by atoms with Crippen LogP contribution in [-0.2, 0) is 0 Å². The zero-order valence-electron chi connectivity index (χ0n) is 6.45. The molecule has 0 rings (SSSR count). The fraction of sp³-hybridized carbons (Fsp3) is 1.00. The van der Waals surface area contributed by atoms with Gasteiger partial charge < -0.3 is 5.73 Å². The summed E-state index contributed by atoms with van der Waals surface area (Å²) in [7, 11) is 0. The highest BCUT2D eigenvalue weighted by Gasteiger charge is 2.23. The lowest BCUT2D eigenvalue weighted by molar-refractivity contribution is 0.152. The Labute approximate surface area is 56.4 Å². The van der Waals surface area contributed by atoms with Crippen molar-refractivity contribution in [3.05, 3.63) is 0 Å². The van der Waals surface area contributed by atoms with Crippen molar-refractivity contribution in [3.63, 3.8) is 0 Å². The van der Waals surface area contributed by atoms with Crippen molar-refractivity contribution in [2.45, 2.75) is 33.4 Å².